The number of halogens is 1. The van der Waals surface area contributed by atoms with Gasteiger partial charge in [0.2, 0.25) is 5.91 Å². The lowest BCUT2D eigenvalue weighted by Gasteiger charge is -2.29. The fraction of sp³-hybridized carbons (Fsp3) is 0.333. The zero-order valence-corrected chi connectivity index (χ0v) is 15.9. The minimum Gasteiger partial charge on any atom is -0.366 e. The first kappa shape index (κ1) is 18.9. The van der Waals surface area contributed by atoms with Crippen molar-refractivity contribution in [2.24, 2.45) is 5.73 Å². The summed E-state index contributed by atoms with van der Waals surface area (Å²) in [6.45, 7) is 7.31. The average molecular weight is 369 g/mol. The monoisotopic (exact) mass is 369 g/mol. The van der Waals surface area contributed by atoms with Crippen LogP contribution in [0, 0.1) is 19.7 Å². The lowest BCUT2D eigenvalue weighted by Crippen LogP contribution is -2.35. The van der Waals surface area contributed by atoms with E-state index in [1.807, 2.05) is 19.9 Å². The Morgan fingerprint density at radius 2 is 2.11 bits per heavy atom. The predicted molar refractivity (Wildman–Crippen MR) is 105 cm³/mol. The van der Waals surface area contributed by atoms with Crippen LogP contribution in [0.1, 0.15) is 46.4 Å². The van der Waals surface area contributed by atoms with Gasteiger partial charge in [-0.2, -0.15) is 0 Å². The molecule has 0 bridgehead atoms. The van der Waals surface area contributed by atoms with E-state index in [9.17, 15) is 9.59 Å². The molecule has 1 heterocycles. The molecule has 1 aromatic carbocycles. The number of benzene rings is 1. The fourth-order valence-corrected chi connectivity index (χ4v) is 3.85. The summed E-state index contributed by atoms with van der Waals surface area (Å²) in [6, 6.07) is 1.09. The Hall–Kier alpha value is -2.89. The number of hydrogen-bond acceptors (Lipinski definition) is 2. The van der Waals surface area contributed by atoms with E-state index in [2.05, 4.69) is 11.6 Å². The lowest BCUT2D eigenvalue weighted by atomic mass is 9.87. The van der Waals surface area contributed by atoms with Gasteiger partial charge in [0.05, 0.1) is 17.1 Å². The number of aromatic nitrogens is 1. The van der Waals surface area contributed by atoms with E-state index < -0.39 is 11.7 Å². The summed E-state index contributed by atoms with van der Waals surface area (Å²) >= 11 is 0. The third-order valence-electron chi connectivity index (χ3n) is 5.48. The molecule has 1 aliphatic carbocycles. The molecule has 0 unspecified atom stereocenters. The molecule has 2 amide bonds. The van der Waals surface area contributed by atoms with E-state index in [0.717, 1.165) is 29.7 Å². The van der Waals surface area contributed by atoms with Crippen molar-refractivity contribution in [2.45, 2.75) is 39.2 Å². The molecular formula is C21H24FN3O2. The van der Waals surface area contributed by atoms with Crippen LogP contribution in [0.4, 0.5) is 4.39 Å². The van der Waals surface area contributed by atoms with Gasteiger partial charge in [0.15, 0.2) is 0 Å². The van der Waals surface area contributed by atoms with E-state index in [4.69, 9.17) is 5.73 Å². The molecular weight excluding hydrogens is 345 g/mol. The Morgan fingerprint density at radius 1 is 1.41 bits per heavy atom. The van der Waals surface area contributed by atoms with Crippen LogP contribution in [0.2, 0.25) is 0 Å². The predicted octanol–water partition coefficient (Wildman–Crippen LogP) is 3.60. The summed E-state index contributed by atoms with van der Waals surface area (Å²) in [5, 5.41) is 0.686. The second kappa shape index (κ2) is 7.02. The number of carbonyl (C=O) groups is 2. The van der Waals surface area contributed by atoms with E-state index in [-0.39, 0.29) is 17.5 Å². The number of allylic oxidation sites excluding steroid dienone is 1. The number of aromatic amines is 1. The molecule has 0 saturated carbocycles. The lowest BCUT2D eigenvalue weighted by molar-refractivity contribution is -0.126. The van der Waals surface area contributed by atoms with Crippen LogP contribution >= 0.6 is 0 Å². The van der Waals surface area contributed by atoms with Gasteiger partial charge in [-0.25, -0.2) is 4.39 Å². The molecule has 3 rings (SSSR count). The third-order valence-corrected chi connectivity index (χ3v) is 5.48. The Morgan fingerprint density at radius 3 is 2.74 bits per heavy atom. The summed E-state index contributed by atoms with van der Waals surface area (Å²) in [7, 11) is 1.72. The first-order valence-corrected chi connectivity index (χ1v) is 8.97. The van der Waals surface area contributed by atoms with Crippen molar-refractivity contribution in [1.29, 1.82) is 0 Å². The Bertz CT molecular complexity index is 987. The SMILES string of the molecule is C=CC(=O)N(C)[C@@H]1C=C(c2c(F)cc(C(N)=O)c3[nH]c(C)c(C)c23)CCC1. The Kier molecular flexibility index (Phi) is 4.91. The molecule has 0 radical (unpaired) electrons. The van der Waals surface area contributed by atoms with Crippen LogP contribution in [0.25, 0.3) is 16.5 Å². The largest absolute Gasteiger partial charge is 0.366 e. The van der Waals surface area contributed by atoms with Gasteiger partial charge in [0.25, 0.3) is 5.91 Å². The van der Waals surface area contributed by atoms with Crippen LogP contribution in [0.3, 0.4) is 0 Å². The zero-order valence-electron chi connectivity index (χ0n) is 15.9. The molecule has 1 aliphatic rings. The molecule has 5 nitrogen and oxygen atoms in total. The van der Waals surface area contributed by atoms with E-state index in [0.29, 0.717) is 22.9 Å². The highest BCUT2D eigenvalue weighted by Crippen LogP contribution is 2.38. The normalized spacial score (nSPS) is 16.9. The average Bonchev–Trinajstić information content (AvgIpc) is 2.94. The maximum absolute atomic E-state index is 15.1. The topological polar surface area (TPSA) is 79.2 Å². The zero-order chi connectivity index (χ0) is 19.9. The number of primary amides is 1. The van der Waals surface area contributed by atoms with E-state index in [1.165, 1.54) is 12.1 Å². The highest BCUT2D eigenvalue weighted by atomic mass is 19.1. The minimum atomic E-state index is -0.668. The molecule has 6 heteroatoms. The van der Waals surface area contributed by atoms with Gasteiger partial charge >= 0.3 is 0 Å². The summed E-state index contributed by atoms with van der Waals surface area (Å²) in [6.07, 6.45) is 5.59. The van der Waals surface area contributed by atoms with Crippen molar-refractivity contribution in [3.8, 4) is 0 Å². The number of amides is 2. The standard InChI is InChI=1S/C21H24FN3O2/c1-5-17(26)25(4)14-8-6-7-13(9-14)19-16(22)10-15(21(23)27)20-18(19)11(2)12(3)24-20/h5,9-10,14,24H,1,6-8H2,2-4H3,(H2,23,27)/t14-/m0/s1. The first-order valence-electron chi connectivity index (χ1n) is 8.97. The second-order valence-electron chi connectivity index (χ2n) is 7.07. The number of nitrogens with zero attached hydrogens (tertiary/aromatic N) is 1. The third kappa shape index (κ3) is 3.16. The quantitative estimate of drug-likeness (QED) is 0.808. The van der Waals surface area contributed by atoms with Gasteiger partial charge in [-0.15, -0.1) is 0 Å². The van der Waals surface area contributed by atoms with Crippen LogP contribution in [0.15, 0.2) is 24.8 Å². The van der Waals surface area contributed by atoms with Crippen LogP contribution in [0.5, 0.6) is 0 Å². The van der Waals surface area contributed by atoms with E-state index >= 15 is 4.39 Å². The van der Waals surface area contributed by atoms with Gasteiger partial charge in [0, 0.05) is 23.7 Å². The molecule has 3 N–H and O–H groups in total. The highest BCUT2D eigenvalue weighted by Gasteiger charge is 2.26. The molecule has 27 heavy (non-hydrogen) atoms. The number of rotatable bonds is 4. The molecule has 0 spiro atoms. The molecule has 1 aromatic heterocycles. The van der Waals surface area contributed by atoms with Crippen molar-refractivity contribution in [3.05, 3.63) is 53.0 Å². The highest BCUT2D eigenvalue weighted by molar-refractivity contribution is 6.09. The molecule has 0 saturated heterocycles. The van der Waals surface area contributed by atoms with Gasteiger partial charge < -0.3 is 15.6 Å². The molecule has 1 atom stereocenters. The number of H-pyrrole nitrogens is 1. The molecule has 142 valence electrons. The Balaban J connectivity index is 2.22. The summed E-state index contributed by atoms with van der Waals surface area (Å²) in [5.41, 5.74) is 9.25. The molecule has 0 aliphatic heterocycles. The summed E-state index contributed by atoms with van der Waals surface area (Å²) < 4.78 is 15.1. The maximum atomic E-state index is 15.1. The number of nitrogens with two attached hydrogens (primary N) is 1. The first-order chi connectivity index (χ1) is 12.8. The van der Waals surface area contributed by atoms with Crippen molar-refractivity contribution in [2.75, 3.05) is 7.05 Å². The number of carbonyl (C=O) groups excluding carboxylic acids is 2. The minimum absolute atomic E-state index is 0.120. The van der Waals surface area contributed by atoms with Gasteiger partial charge in [-0.3, -0.25) is 9.59 Å². The summed E-state index contributed by atoms with van der Waals surface area (Å²) in [4.78, 5) is 28.5. The van der Waals surface area contributed by atoms with Crippen LogP contribution in [-0.4, -0.2) is 34.8 Å². The number of fused-ring (bicyclic) bond motifs is 1. The Labute approximate surface area is 157 Å². The number of aryl methyl sites for hydroxylation is 2. The molecule has 2 aromatic rings. The number of nitrogens with one attached hydrogen (secondary N) is 1. The van der Waals surface area contributed by atoms with Crippen molar-refractivity contribution in [1.82, 2.24) is 9.88 Å². The second-order valence-corrected chi connectivity index (χ2v) is 7.07. The van der Waals surface area contributed by atoms with Gasteiger partial charge in [-0.05, 0) is 56.4 Å². The van der Waals surface area contributed by atoms with Gasteiger partial charge in [0.1, 0.15) is 5.82 Å². The smallest absolute Gasteiger partial charge is 0.250 e. The fourth-order valence-electron chi connectivity index (χ4n) is 3.85. The van der Waals surface area contributed by atoms with Crippen molar-refractivity contribution in [3.63, 3.8) is 0 Å². The maximum Gasteiger partial charge on any atom is 0.250 e. The molecule has 0 fully saturated rings. The van der Waals surface area contributed by atoms with Crippen molar-refractivity contribution >= 4 is 28.3 Å². The number of likely N-dealkylation sites (N-methyl/N-ethyl adjacent to an activating group) is 1. The van der Waals surface area contributed by atoms with E-state index in [1.54, 1.807) is 11.9 Å². The van der Waals surface area contributed by atoms with Gasteiger partial charge in [-0.1, -0.05) is 12.7 Å². The van der Waals surface area contributed by atoms with Crippen molar-refractivity contribution < 1.29 is 14.0 Å². The number of hydrogen-bond donors (Lipinski definition) is 2. The summed E-state index contributed by atoms with van der Waals surface area (Å²) in [5.74, 6) is -1.30. The van der Waals surface area contributed by atoms with Crippen LogP contribution < -0.4 is 5.73 Å². The van der Waals surface area contributed by atoms with Crippen LogP contribution in [-0.2, 0) is 4.79 Å².